The van der Waals surface area contributed by atoms with E-state index < -0.39 is 0 Å². The largest absolute Gasteiger partial charge is 0.328 e. The third-order valence-electron chi connectivity index (χ3n) is 2.14. The molecule has 84 valence electrons. The second kappa shape index (κ2) is 5.60. The molecular formula is C10H18N4O. The predicted molar refractivity (Wildman–Crippen MR) is 57.2 cm³/mol. The Morgan fingerprint density at radius 2 is 2.40 bits per heavy atom. The minimum atomic E-state index is 0.175. The van der Waals surface area contributed by atoms with Crippen molar-refractivity contribution in [2.75, 3.05) is 0 Å². The molecule has 0 aromatic carbocycles. The zero-order valence-corrected chi connectivity index (χ0v) is 9.31. The van der Waals surface area contributed by atoms with Crippen molar-refractivity contribution in [1.29, 1.82) is 0 Å². The summed E-state index contributed by atoms with van der Waals surface area (Å²) >= 11 is 0. The van der Waals surface area contributed by atoms with E-state index in [-0.39, 0.29) is 11.8 Å². The lowest BCUT2D eigenvalue weighted by Gasteiger charge is -2.02. The molecule has 1 rings (SSSR count). The van der Waals surface area contributed by atoms with Crippen molar-refractivity contribution < 1.29 is 4.79 Å². The summed E-state index contributed by atoms with van der Waals surface area (Å²) in [6.07, 6.45) is 4.48. The first-order valence-corrected chi connectivity index (χ1v) is 5.20. The molecular weight excluding hydrogens is 192 g/mol. The first-order valence-electron chi connectivity index (χ1n) is 5.20. The van der Waals surface area contributed by atoms with Gasteiger partial charge in [-0.2, -0.15) is 0 Å². The highest BCUT2D eigenvalue weighted by molar-refractivity contribution is 5.80. The Morgan fingerprint density at radius 1 is 1.67 bits per heavy atom. The second-order valence-corrected chi connectivity index (χ2v) is 3.97. The van der Waals surface area contributed by atoms with Crippen LogP contribution in [-0.4, -0.2) is 26.8 Å². The molecule has 0 fully saturated rings. The quantitative estimate of drug-likeness (QED) is 0.739. The van der Waals surface area contributed by atoms with Crippen molar-refractivity contribution in [3.63, 3.8) is 0 Å². The summed E-state index contributed by atoms with van der Waals surface area (Å²) in [5, 5.41) is 7.64. The first kappa shape index (κ1) is 11.8. The topological polar surface area (TPSA) is 73.8 Å². The number of hydrogen-bond donors (Lipinski definition) is 1. The summed E-state index contributed by atoms with van der Waals surface area (Å²) < 4.78 is 1.60. The van der Waals surface area contributed by atoms with Crippen LogP contribution in [0.2, 0.25) is 0 Å². The molecule has 1 heterocycles. The van der Waals surface area contributed by atoms with E-state index in [2.05, 4.69) is 10.3 Å². The van der Waals surface area contributed by atoms with Crippen LogP contribution in [0.15, 0.2) is 6.20 Å². The highest BCUT2D eigenvalue weighted by Crippen LogP contribution is 2.03. The van der Waals surface area contributed by atoms with Gasteiger partial charge >= 0.3 is 0 Å². The van der Waals surface area contributed by atoms with Gasteiger partial charge in [-0.05, 0) is 19.8 Å². The zero-order valence-electron chi connectivity index (χ0n) is 9.31. The van der Waals surface area contributed by atoms with E-state index >= 15 is 0 Å². The molecule has 0 aliphatic carbocycles. The highest BCUT2D eigenvalue weighted by Gasteiger charge is 2.07. The minimum Gasteiger partial charge on any atom is -0.328 e. The summed E-state index contributed by atoms with van der Waals surface area (Å²) in [4.78, 5) is 11.5. The molecule has 5 nitrogen and oxygen atoms in total. The molecule has 0 saturated heterocycles. The molecule has 0 bridgehead atoms. The molecule has 0 spiro atoms. The van der Waals surface area contributed by atoms with Crippen LogP contribution in [0.4, 0.5) is 0 Å². The summed E-state index contributed by atoms with van der Waals surface area (Å²) in [7, 11) is 1.79. The van der Waals surface area contributed by atoms with Crippen molar-refractivity contribution in [3.05, 3.63) is 11.9 Å². The Kier molecular flexibility index (Phi) is 4.42. The van der Waals surface area contributed by atoms with Gasteiger partial charge in [0.2, 0.25) is 0 Å². The second-order valence-electron chi connectivity index (χ2n) is 3.97. The lowest BCUT2D eigenvalue weighted by atomic mass is 10.1. The van der Waals surface area contributed by atoms with Gasteiger partial charge < -0.3 is 5.73 Å². The van der Waals surface area contributed by atoms with Gasteiger partial charge in [0, 0.05) is 25.7 Å². The van der Waals surface area contributed by atoms with Crippen molar-refractivity contribution in [3.8, 4) is 0 Å². The molecule has 0 aliphatic heterocycles. The average molecular weight is 210 g/mol. The van der Waals surface area contributed by atoms with E-state index in [1.165, 1.54) is 0 Å². The normalized spacial score (nSPS) is 12.7. The number of rotatable bonds is 6. The molecule has 0 saturated carbocycles. The number of aromatic nitrogens is 3. The van der Waals surface area contributed by atoms with Crippen LogP contribution in [0, 0.1) is 0 Å². The molecule has 1 aromatic rings. The van der Waals surface area contributed by atoms with Crippen molar-refractivity contribution >= 4 is 5.78 Å². The van der Waals surface area contributed by atoms with E-state index in [0.717, 1.165) is 18.5 Å². The van der Waals surface area contributed by atoms with Gasteiger partial charge in [-0.25, -0.2) is 0 Å². The van der Waals surface area contributed by atoms with Crippen molar-refractivity contribution in [1.82, 2.24) is 15.0 Å². The standard InChI is InChI=1S/C10H18N4O/c1-8(11)4-3-5-10(15)6-9-7-14(2)13-12-9/h7-8H,3-6,11H2,1-2H3. The summed E-state index contributed by atoms with van der Waals surface area (Å²) in [6.45, 7) is 1.95. The van der Waals surface area contributed by atoms with Crippen LogP contribution >= 0.6 is 0 Å². The van der Waals surface area contributed by atoms with Gasteiger partial charge in [-0.3, -0.25) is 9.48 Å². The number of hydrogen-bond acceptors (Lipinski definition) is 4. The fourth-order valence-electron chi connectivity index (χ4n) is 1.39. The van der Waals surface area contributed by atoms with Crippen LogP contribution in [0.5, 0.6) is 0 Å². The summed E-state index contributed by atoms with van der Waals surface area (Å²) in [6, 6.07) is 0.175. The zero-order chi connectivity index (χ0) is 11.3. The lowest BCUT2D eigenvalue weighted by Crippen LogP contribution is -2.15. The molecule has 2 N–H and O–H groups in total. The average Bonchev–Trinajstić information content (AvgIpc) is 2.50. The van der Waals surface area contributed by atoms with Crippen LogP contribution in [-0.2, 0) is 18.3 Å². The van der Waals surface area contributed by atoms with Gasteiger partial charge in [0.1, 0.15) is 5.78 Å². The van der Waals surface area contributed by atoms with E-state index in [1.807, 2.05) is 6.92 Å². The van der Waals surface area contributed by atoms with Crippen molar-refractivity contribution in [2.45, 2.75) is 38.6 Å². The predicted octanol–water partition coefficient (Wildman–Crippen LogP) is 0.444. The number of nitrogens with zero attached hydrogens (tertiary/aromatic N) is 3. The molecule has 1 aromatic heterocycles. The SMILES string of the molecule is CC(N)CCCC(=O)Cc1cn(C)nn1. The number of carbonyl (C=O) groups excluding carboxylic acids is 1. The Labute approximate surface area is 89.6 Å². The van der Waals surface area contributed by atoms with Gasteiger partial charge in [0.05, 0.1) is 12.1 Å². The van der Waals surface area contributed by atoms with Crippen LogP contribution in [0.25, 0.3) is 0 Å². The fourth-order valence-corrected chi connectivity index (χ4v) is 1.39. The van der Waals surface area contributed by atoms with E-state index in [1.54, 1.807) is 17.9 Å². The Hall–Kier alpha value is -1.23. The summed E-state index contributed by atoms with van der Waals surface area (Å²) in [5.41, 5.74) is 6.34. The number of nitrogens with two attached hydrogens (primary N) is 1. The van der Waals surface area contributed by atoms with E-state index in [4.69, 9.17) is 5.73 Å². The molecule has 0 aliphatic rings. The maximum absolute atomic E-state index is 11.5. The molecule has 1 unspecified atom stereocenters. The monoisotopic (exact) mass is 210 g/mol. The lowest BCUT2D eigenvalue weighted by molar-refractivity contribution is -0.118. The third-order valence-corrected chi connectivity index (χ3v) is 2.14. The maximum atomic E-state index is 11.5. The van der Waals surface area contributed by atoms with Gasteiger partial charge in [-0.1, -0.05) is 5.21 Å². The highest BCUT2D eigenvalue weighted by atomic mass is 16.1. The van der Waals surface area contributed by atoms with Crippen LogP contribution in [0.3, 0.4) is 0 Å². The van der Waals surface area contributed by atoms with E-state index in [9.17, 15) is 4.79 Å². The van der Waals surface area contributed by atoms with Crippen LogP contribution in [0.1, 0.15) is 31.9 Å². The third kappa shape index (κ3) is 4.69. The molecule has 0 amide bonds. The van der Waals surface area contributed by atoms with Gasteiger partial charge in [0.25, 0.3) is 0 Å². The molecule has 15 heavy (non-hydrogen) atoms. The Morgan fingerprint density at radius 3 is 2.93 bits per heavy atom. The number of Topliss-reactive ketones (excluding diaryl/α,β-unsaturated/α-hetero) is 1. The number of ketones is 1. The number of carbonyl (C=O) groups is 1. The smallest absolute Gasteiger partial charge is 0.138 e. The molecule has 5 heteroatoms. The first-order chi connectivity index (χ1) is 7.08. The Bertz CT molecular complexity index is 319. The Balaban J connectivity index is 2.24. The fraction of sp³-hybridized carbons (Fsp3) is 0.700. The van der Waals surface area contributed by atoms with Crippen molar-refractivity contribution in [2.24, 2.45) is 12.8 Å². The maximum Gasteiger partial charge on any atom is 0.138 e. The van der Waals surface area contributed by atoms with Gasteiger partial charge in [0.15, 0.2) is 0 Å². The van der Waals surface area contributed by atoms with Gasteiger partial charge in [-0.15, -0.1) is 5.10 Å². The summed E-state index contributed by atoms with van der Waals surface area (Å²) in [5.74, 6) is 0.205. The molecule has 0 radical (unpaired) electrons. The molecule has 1 atom stereocenters. The van der Waals surface area contributed by atoms with E-state index in [0.29, 0.717) is 12.8 Å². The number of aryl methyl sites for hydroxylation is 1. The minimum absolute atomic E-state index is 0.175. The van der Waals surface area contributed by atoms with Crippen LogP contribution < -0.4 is 5.73 Å².